The number of benzene rings is 1. The summed E-state index contributed by atoms with van der Waals surface area (Å²) in [7, 11) is -0.887. The lowest BCUT2D eigenvalue weighted by Gasteiger charge is -2.17. The fourth-order valence-electron chi connectivity index (χ4n) is 1.81. The molecule has 1 aromatic heterocycles. The summed E-state index contributed by atoms with van der Waals surface area (Å²) in [6, 6.07) is 5.77. The van der Waals surface area contributed by atoms with Crippen molar-refractivity contribution in [1.29, 1.82) is 0 Å². The summed E-state index contributed by atoms with van der Waals surface area (Å²) >= 11 is 5.85. The predicted molar refractivity (Wildman–Crippen MR) is 73.3 cm³/mol. The first-order valence-corrected chi connectivity index (χ1v) is 7.52. The summed E-state index contributed by atoms with van der Waals surface area (Å²) in [5.41, 5.74) is 0.550. The molecular formula is C12H13ClFN3O2S. The first-order valence-electron chi connectivity index (χ1n) is 5.70. The lowest BCUT2D eigenvalue weighted by atomic mass is 10.2. The largest absolute Gasteiger partial charge is 0.261 e. The van der Waals surface area contributed by atoms with E-state index >= 15 is 0 Å². The third-order valence-corrected chi connectivity index (χ3v) is 5.10. The maximum absolute atomic E-state index is 13.1. The zero-order chi connectivity index (χ0) is 14.9. The third kappa shape index (κ3) is 2.84. The number of hydrogen-bond acceptors (Lipinski definition) is 3. The summed E-state index contributed by atoms with van der Waals surface area (Å²) in [4.78, 5) is 0. The number of rotatable bonds is 4. The Kier molecular flexibility index (Phi) is 4.12. The van der Waals surface area contributed by atoms with Crippen LogP contribution in [-0.2, 0) is 23.6 Å². The Morgan fingerprint density at radius 2 is 2.15 bits per heavy atom. The normalized spacial score (nSPS) is 12.1. The van der Waals surface area contributed by atoms with Gasteiger partial charge in [0.1, 0.15) is 5.82 Å². The molecule has 0 unspecified atom stereocenters. The molecule has 20 heavy (non-hydrogen) atoms. The first-order chi connectivity index (χ1) is 9.32. The van der Waals surface area contributed by atoms with Crippen LogP contribution in [0.5, 0.6) is 0 Å². The van der Waals surface area contributed by atoms with Gasteiger partial charge in [-0.05, 0) is 17.7 Å². The molecule has 0 atom stereocenters. The highest BCUT2D eigenvalue weighted by atomic mass is 35.5. The van der Waals surface area contributed by atoms with Crippen molar-refractivity contribution >= 4 is 21.6 Å². The second-order valence-electron chi connectivity index (χ2n) is 4.31. The van der Waals surface area contributed by atoms with Gasteiger partial charge >= 0.3 is 0 Å². The molecule has 0 radical (unpaired) electrons. The van der Waals surface area contributed by atoms with Crippen molar-refractivity contribution < 1.29 is 12.8 Å². The SMILES string of the molecule is CN(Cc1cccc(F)c1)S(=O)(=O)c1c(Cl)cnn1C. The van der Waals surface area contributed by atoms with Gasteiger partial charge in [-0.25, -0.2) is 12.8 Å². The molecule has 0 bridgehead atoms. The molecule has 0 saturated heterocycles. The smallest absolute Gasteiger partial charge is 0.255 e. The van der Waals surface area contributed by atoms with Crippen LogP contribution in [0.25, 0.3) is 0 Å². The Bertz CT molecular complexity index is 711. The Balaban J connectivity index is 2.31. The highest BCUT2D eigenvalue weighted by Crippen LogP contribution is 2.23. The van der Waals surface area contributed by atoms with Gasteiger partial charge in [0, 0.05) is 20.6 Å². The average molecular weight is 318 g/mol. The fraction of sp³-hybridized carbons (Fsp3) is 0.250. The lowest BCUT2D eigenvalue weighted by Crippen LogP contribution is -2.28. The average Bonchev–Trinajstić information content (AvgIpc) is 2.69. The van der Waals surface area contributed by atoms with Crippen molar-refractivity contribution in [2.45, 2.75) is 11.6 Å². The van der Waals surface area contributed by atoms with Crippen molar-refractivity contribution in [3.05, 3.63) is 46.9 Å². The molecule has 1 heterocycles. The minimum atomic E-state index is -3.79. The van der Waals surface area contributed by atoms with Crippen molar-refractivity contribution in [1.82, 2.24) is 14.1 Å². The summed E-state index contributed by atoms with van der Waals surface area (Å²) in [6.45, 7) is 0.0433. The second kappa shape index (κ2) is 5.51. The molecule has 1 aromatic carbocycles. The van der Waals surface area contributed by atoms with Crippen molar-refractivity contribution in [3.8, 4) is 0 Å². The van der Waals surface area contributed by atoms with Crippen LogP contribution < -0.4 is 0 Å². The second-order valence-corrected chi connectivity index (χ2v) is 6.68. The Labute approximate surface area is 121 Å². The Morgan fingerprint density at radius 3 is 2.70 bits per heavy atom. The van der Waals surface area contributed by atoms with E-state index in [0.717, 1.165) is 4.31 Å². The van der Waals surface area contributed by atoms with Gasteiger partial charge in [-0.3, -0.25) is 4.68 Å². The van der Waals surface area contributed by atoms with Gasteiger partial charge in [-0.15, -0.1) is 0 Å². The third-order valence-electron chi connectivity index (χ3n) is 2.79. The maximum atomic E-state index is 13.1. The van der Waals surface area contributed by atoms with Gasteiger partial charge in [0.15, 0.2) is 5.03 Å². The van der Waals surface area contributed by atoms with Crippen LogP contribution in [0, 0.1) is 5.82 Å². The molecule has 0 amide bonds. The van der Waals surface area contributed by atoms with E-state index in [1.165, 1.54) is 43.2 Å². The maximum Gasteiger partial charge on any atom is 0.261 e. The van der Waals surface area contributed by atoms with Gasteiger partial charge in [-0.1, -0.05) is 23.7 Å². The van der Waals surface area contributed by atoms with Crippen LogP contribution in [-0.4, -0.2) is 29.6 Å². The van der Waals surface area contributed by atoms with E-state index in [9.17, 15) is 12.8 Å². The predicted octanol–water partition coefficient (Wildman–Crippen LogP) is 2.03. The number of nitrogens with zero attached hydrogens (tertiary/aromatic N) is 3. The topological polar surface area (TPSA) is 55.2 Å². The minimum Gasteiger partial charge on any atom is -0.255 e. The molecular weight excluding hydrogens is 305 g/mol. The first kappa shape index (κ1) is 15.0. The van der Waals surface area contributed by atoms with E-state index in [4.69, 9.17) is 11.6 Å². The van der Waals surface area contributed by atoms with E-state index in [-0.39, 0.29) is 16.6 Å². The van der Waals surface area contributed by atoms with Crippen molar-refractivity contribution in [2.24, 2.45) is 7.05 Å². The Morgan fingerprint density at radius 1 is 1.45 bits per heavy atom. The summed E-state index contributed by atoms with van der Waals surface area (Å²) in [5, 5.41) is 3.77. The van der Waals surface area contributed by atoms with Crippen LogP contribution in [0.3, 0.4) is 0 Å². The highest BCUT2D eigenvalue weighted by Gasteiger charge is 2.27. The molecule has 2 rings (SSSR count). The molecule has 2 aromatic rings. The molecule has 108 valence electrons. The fourth-order valence-corrected chi connectivity index (χ4v) is 3.57. The quantitative estimate of drug-likeness (QED) is 0.867. The molecule has 0 saturated carbocycles. The molecule has 0 aliphatic carbocycles. The highest BCUT2D eigenvalue weighted by molar-refractivity contribution is 7.89. The van der Waals surface area contributed by atoms with Crippen LogP contribution in [0.1, 0.15) is 5.56 Å². The molecule has 0 N–H and O–H groups in total. The number of hydrogen-bond donors (Lipinski definition) is 0. The van der Waals surface area contributed by atoms with Crippen LogP contribution in [0.2, 0.25) is 5.02 Å². The van der Waals surface area contributed by atoms with E-state index in [2.05, 4.69) is 5.10 Å². The molecule has 0 aliphatic rings. The number of sulfonamides is 1. The molecule has 0 fully saturated rings. The van der Waals surface area contributed by atoms with Gasteiger partial charge in [-0.2, -0.15) is 9.40 Å². The van der Waals surface area contributed by atoms with Gasteiger partial charge in [0.25, 0.3) is 10.0 Å². The number of aryl methyl sites for hydroxylation is 1. The monoisotopic (exact) mass is 317 g/mol. The zero-order valence-corrected chi connectivity index (χ0v) is 12.5. The van der Waals surface area contributed by atoms with E-state index < -0.39 is 15.8 Å². The van der Waals surface area contributed by atoms with Crippen LogP contribution in [0.15, 0.2) is 35.5 Å². The van der Waals surface area contributed by atoms with E-state index in [1.54, 1.807) is 6.07 Å². The molecule has 5 nitrogen and oxygen atoms in total. The van der Waals surface area contributed by atoms with Gasteiger partial charge in [0.05, 0.1) is 11.2 Å². The van der Waals surface area contributed by atoms with E-state index in [0.29, 0.717) is 5.56 Å². The Hall–Kier alpha value is -1.44. The van der Waals surface area contributed by atoms with Crippen LogP contribution >= 0.6 is 11.6 Å². The van der Waals surface area contributed by atoms with Crippen LogP contribution in [0.4, 0.5) is 4.39 Å². The zero-order valence-electron chi connectivity index (χ0n) is 10.9. The van der Waals surface area contributed by atoms with Crippen molar-refractivity contribution in [3.63, 3.8) is 0 Å². The standard InChI is InChI=1S/C12H13ClFN3O2S/c1-16(8-9-4-3-5-10(14)6-9)20(18,19)12-11(13)7-15-17(12)2/h3-7H,8H2,1-2H3. The summed E-state index contributed by atoms with van der Waals surface area (Å²) in [6.07, 6.45) is 1.27. The van der Waals surface area contributed by atoms with Gasteiger partial charge in [0.2, 0.25) is 0 Å². The molecule has 0 spiro atoms. The molecule has 8 heteroatoms. The minimum absolute atomic E-state index is 0.0433. The number of halogens is 2. The summed E-state index contributed by atoms with van der Waals surface area (Å²) in [5.74, 6) is -0.410. The molecule has 0 aliphatic heterocycles. The summed E-state index contributed by atoms with van der Waals surface area (Å²) < 4.78 is 40.2. The van der Waals surface area contributed by atoms with Crippen molar-refractivity contribution in [2.75, 3.05) is 7.05 Å². The number of aromatic nitrogens is 2. The lowest BCUT2D eigenvalue weighted by molar-refractivity contribution is 0.456. The van der Waals surface area contributed by atoms with Gasteiger partial charge < -0.3 is 0 Å². The van der Waals surface area contributed by atoms with E-state index in [1.807, 2.05) is 0 Å².